The molecule has 0 saturated carbocycles. The average molecular weight is 371 g/mol. The first kappa shape index (κ1) is 19.0. The lowest BCUT2D eigenvalue weighted by Gasteiger charge is -2.20. The Morgan fingerprint density at radius 2 is 1.15 bits per heavy atom. The van der Waals surface area contributed by atoms with Crippen molar-refractivity contribution in [2.75, 3.05) is 7.11 Å². The third-order valence-electron chi connectivity index (χ3n) is 4.50. The largest absolute Gasteiger partial charge is 0.497 e. The summed E-state index contributed by atoms with van der Waals surface area (Å²) >= 11 is 0. The van der Waals surface area contributed by atoms with Crippen LogP contribution in [-0.2, 0) is 0 Å². The molecule has 0 aromatic heterocycles. The van der Waals surface area contributed by atoms with E-state index in [4.69, 9.17) is 4.74 Å². The molecular formula is C25H26OSi. The molecule has 0 atom stereocenters. The molecule has 0 aliphatic rings. The highest BCUT2D eigenvalue weighted by atomic mass is 28.3. The smallest absolute Gasteiger partial charge is 0.118 e. The Hall–Kier alpha value is -2.80. The molecule has 3 aromatic rings. The minimum Gasteiger partial charge on any atom is -0.497 e. The maximum Gasteiger partial charge on any atom is 0.118 e. The molecule has 0 fully saturated rings. The topological polar surface area (TPSA) is 9.23 Å². The summed E-state index contributed by atoms with van der Waals surface area (Å²) in [6.45, 7) is 7.10. The first-order valence-corrected chi connectivity index (χ1v) is 12.8. The second kappa shape index (κ2) is 8.26. The van der Waals surface area contributed by atoms with Crippen molar-refractivity contribution in [1.82, 2.24) is 0 Å². The van der Waals surface area contributed by atoms with Crippen LogP contribution in [0.25, 0.3) is 10.8 Å². The molecule has 0 unspecified atom stereocenters. The van der Waals surface area contributed by atoms with Crippen LogP contribution in [0.1, 0.15) is 16.7 Å². The highest BCUT2D eigenvalue weighted by Crippen LogP contribution is 2.30. The quantitative estimate of drug-likeness (QED) is 0.359. The van der Waals surface area contributed by atoms with Gasteiger partial charge in [0.25, 0.3) is 0 Å². The van der Waals surface area contributed by atoms with E-state index in [-0.39, 0.29) is 0 Å². The third kappa shape index (κ3) is 4.68. The number of hydrogen-bond donors (Lipinski definition) is 0. The lowest BCUT2D eigenvalue weighted by molar-refractivity contribution is 0.415. The van der Waals surface area contributed by atoms with Gasteiger partial charge in [-0.1, -0.05) is 92.4 Å². The van der Waals surface area contributed by atoms with Crippen LogP contribution in [0.4, 0.5) is 0 Å². The fourth-order valence-electron chi connectivity index (χ4n) is 3.10. The SMILES string of the molecule is COc1ccc(C(=C=C(c2ccccc2)c2ccccc2)[Si](C)(C)C)cc1. The van der Waals surface area contributed by atoms with E-state index >= 15 is 0 Å². The van der Waals surface area contributed by atoms with Gasteiger partial charge in [0.05, 0.1) is 15.2 Å². The Morgan fingerprint density at radius 3 is 1.56 bits per heavy atom. The van der Waals surface area contributed by atoms with Gasteiger partial charge in [-0.15, -0.1) is 5.73 Å². The molecule has 0 radical (unpaired) electrons. The predicted octanol–water partition coefficient (Wildman–Crippen LogP) is 6.69. The summed E-state index contributed by atoms with van der Waals surface area (Å²) in [5.74, 6) is 0.879. The Morgan fingerprint density at radius 1 is 0.667 bits per heavy atom. The lowest BCUT2D eigenvalue weighted by Crippen LogP contribution is -2.22. The van der Waals surface area contributed by atoms with E-state index in [1.165, 1.54) is 21.9 Å². The minimum atomic E-state index is -1.64. The predicted molar refractivity (Wildman–Crippen MR) is 119 cm³/mol. The molecule has 0 bridgehead atoms. The third-order valence-corrected chi connectivity index (χ3v) is 6.42. The van der Waals surface area contributed by atoms with Gasteiger partial charge in [-0.3, -0.25) is 0 Å². The molecule has 0 aliphatic heterocycles. The Bertz CT molecular complexity index is 901. The summed E-state index contributed by atoms with van der Waals surface area (Å²) in [6, 6.07) is 29.4. The van der Waals surface area contributed by atoms with Crippen molar-refractivity contribution in [2.45, 2.75) is 19.6 Å². The monoisotopic (exact) mass is 370 g/mol. The van der Waals surface area contributed by atoms with Gasteiger partial charge in [0.2, 0.25) is 0 Å². The fourth-order valence-corrected chi connectivity index (χ4v) is 4.63. The van der Waals surface area contributed by atoms with E-state index in [0.29, 0.717) is 0 Å². The molecule has 3 aromatic carbocycles. The number of methoxy groups -OCH3 is 1. The maximum absolute atomic E-state index is 5.33. The zero-order chi connectivity index (χ0) is 19.3. The van der Waals surface area contributed by atoms with E-state index in [1.807, 2.05) is 12.1 Å². The molecule has 0 heterocycles. The summed E-state index contributed by atoms with van der Waals surface area (Å²) in [5, 5.41) is 1.31. The molecular weight excluding hydrogens is 344 g/mol. The molecule has 0 spiro atoms. The standard InChI is InChI=1S/C25H26OSi/c1-26-23-17-15-22(16-18-23)25(27(2,3)4)19-24(20-11-7-5-8-12-20)21-13-9-6-10-14-21/h5-18H,1-4H3. The van der Waals surface area contributed by atoms with Crippen LogP contribution in [0.2, 0.25) is 19.6 Å². The van der Waals surface area contributed by atoms with Gasteiger partial charge < -0.3 is 4.74 Å². The molecule has 136 valence electrons. The molecule has 2 heteroatoms. The van der Waals surface area contributed by atoms with E-state index in [2.05, 4.69) is 98.2 Å². The van der Waals surface area contributed by atoms with E-state index in [0.717, 1.165) is 11.3 Å². The van der Waals surface area contributed by atoms with Crippen LogP contribution in [0.15, 0.2) is 90.7 Å². The highest BCUT2D eigenvalue weighted by molar-refractivity contribution is 6.93. The van der Waals surface area contributed by atoms with Crippen LogP contribution in [0, 0.1) is 0 Å². The van der Waals surface area contributed by atoms with Gasteiger partial charge in [0.1, 0.15) is 5.75 Å². The van der Waals surface area contributed by atoms with Crippen LogP contribution in [0.5, 0.6) is 5.75 Å². The van der Waals surface area contributed by atoms with Crippen molar-refractivity contribution in [2.24, 2.45) is 0 Å². The molecule has 0 aliphatic carbocycles. The normalized spacial score (nSPS) is 10.8. The molecule has 0 N–H and O–H groups in total. The lowest BCUT2D eigenvalue weighted by atomic mass is 9.98. The first-order valence-electron chi connectivity index (χ1n) is 9.26. The van der Waals surface area contributed by atoms with Crippen LogP contribution >= 0.6 is 0 Å². The summed E-state index contributed by atoms with van der Waals surface area (Å²) in [4.78, 5) is 0. The van der Waals surface area contributed by atoms with Crippen molar-refractivity contribution < 1.29 is 4.74 Å². The van der Waals surface area contributed by atoms with Gasteiger partial charge in [-0.2, -0.15) is 0 Å². The summed E-state index contributed by atoms with van der Waals surface area (Å²) in [6.07, 6.45) is 0. The molecule has 1 nitrogen and oxygen atoms in total. The number of benzene rings is 3. The van der Waals surface area contributed by atoms with Crippen molar-refractivity contribution in [1.29, 1.82) is 0 Å². The van der Waals surface area contributed by atoms with Gasteiger partial charge in [0, 0.05) is 5.57 Å². The van der Waals surface area contributed by atoms with Gasteiger partial charge in [0.15, 0.2) is 0 Å². The maximum atomic E-state index is 5.33. The second-order valence-electron chi connectivity index (χ2n) is 7.59. The zero-order valence-corrected chi connectivity index (χ0v) is 17.5. The number of ether oxygens (including phenoxy) is 1. The summed E-state index contributed by atoms with van der Waals surface area (Å²) in [5.41, 5.74) is 8.58. The van der Waals surface area contributed by atoms with Crippen molar-refractivity contribution in [3.05, 3.63) is 107 Å². The molecule has 3 rings (SSSR count). The van der Waals surface area contributed by atoms with Crippen molar-refractivity contribution in [3.63, 3.8) is 0 Å². The summed E-state index contributed by atoms with van der Waals surface area (Å²) < 4.78 is 5.33. The fraction of sp³-hybridized carbons (Fsp3) is 0.160. The Balaban J connectivity index is 2.30. The molecule has 0 saturated heterocycles. The summed E-state index contributed by atoms with van der Waals surface area (Å²) in [7, 11) is 0.0618. The van der Waals surface area contributed by atoms with Gasteiger partial charge in [-0.05, 0) is 34.0 Å². The number of hydrogen-bond acceptors (Lipinski definition) is 1. The van der Waals surface area contributed by atoms with Gasteiger partial charge in [-0.25, -0.2) is 0 Å². The first-order chi connectivity index (χ1) is 13.0. The van der Waals surface area contributed by atoms with E-state index < -0.39 is 8.07 Å². The Labute approximate surface area is 163 Å². The van der Waals surface area contributed by atoms with Crippen molar-refractivity contribution in [3.8, 4) is 5.75 Å². The van der Waals surface area contributed by atoms with Crippen LogP contribution in [0.3, 0.4) is 0 Å². The van der Waals surface area contributed by atoms with Crippen LogP contribution in [-0.4, -0.2) is 15.2 Å². The van der Waals surface area contributed by atoms with E-state index in [9.17, 15) is 0 Å². The Kier molecular flexibility index (Phi) is 5.80. The number of rotatable bonds is 5. The van der Waals surface area contributed by atoms with Crippen molar-refractivity contribution >= 4 is 18.8 Å². The minimum absolute atomic E-state index is 0.879. The molecule has 0 amide bonds. The second-order valence-corrected chi connectivity index (χ2v) is 12.6. The highest BCUT2D eigenvalue weighted by Gasteiger charge is 2.22. The average Bonchev–Trinajstić information content (AvgIpc) is 2.69. The molecule has 27 heavy (non-hydrogen) atoms. The zero-order valence-electron chi connectivity index (χ0n) is 16.5. The van der Waals surface area contributed by atoms with Crippen LogP contribution < -0.4 is 4.74 Å². The van der Waals surface area contributed by atoms with E-state index in [1.54, 1.807) is 7.11 Å². The van der Waals surface area contributed by atoms with Gasteiger partial charge >= 0.3 is 0 Å².